The summed E-state index contributed by atoms with van der Waals surface area (Å²) in [7, 11) is 0. The van der Waals surface area contributed by atoms with E-state index in [0.717, 1.165) is 35.0 Å². The lowest BCUT2D eigenvalue weighted by atomic mass is 10.1. The van der Waals surface area contributed by atoms with Crippen LogP contribution < -0.4 is 11.0 Å². The van der Waals surface area contributed by atoms with Crippen molar-refractivity contribution < 1.29 is 27.5 Å². The first-order chi connectivity index (χ1) is 16.2. The van der Waals surface area contributed by atoms with Crippen LogP contribution in [0.5, 0.6) is 5.88 Å². The maximum atomic E-state index is 13.8. The van der Waals surface area contributed by atoms with E-state index in [2.05, 4.69) is 10.5 Å². The van der Waals surface area contributed by atoms with Gasteiger partial charge in [-0.1, -0.05) is 36.4 Å². The molecule has 3 aromatic carbocycles. The number of carbonyl (C=O) groups is 1. The number of aromatic nitrogens is 1. The number of nitrogens with zero attached hydrogens (tertiary/aromatic N) is 2. The van der Waals surface area contributed by atoms with Crippen LogP contribution in [-0.2, 0) is 6.18 Å². The summed E-state index contributed by atoms with van der Waals surface area (Å²) in [5.41, 5.74) is -0.143. The Morgan fingerprint density at radius 3 is 2.35 bits per heavy atom. The fourth-order valence-corrected chi connectivity index (χ4v) is 3.41. The molecular formula is C24H15F4N3O3. The number of hydrogen-bond donors (Lipinski definition) is 2. The van der Waals surface area contributed by atoms with Gasteiger partial charge in [0, 0.05) is 10.8 Å². The van der Waals surface area contributed by atoms with Crippen molar-refractivity contribution in [3.63, 3.8) is 0 Å². The maximum absolute atomic E-state index is 13.8. The van der Waals surface area contributed by atoms with Gasteiger partial charge in [0.25, 0.3) is 11.5 Å². The number of benzene rings is 3. The van der Waals surface area contributed by atoms with Crippen molar-refractivity contribution in [1.29, 1.82) is 0 Å². The van der Waals surface area contributed by atoms with Gasteiger partial charge in [-0.25, -0.2) is 14.4 Å². The Hall–Kier alpha value is -4.47. The lowest BCUT2D eigenvalue weighted by Crippen LogP contribution is -2.21. The van der Waals surface area contributed by atoms with Crippen LogP contribution in [0.3, 0.4) is 0 Å². The summed E-state index contributed by atoms with van der Waals surface area (Å²) in [4.78, 5) is 25.2. The molecule has 1 amide bonds. The summed E-state index contributed by atoms with van der Waals surface area (Å²) in [5.74, 6) is -2.31. The third-order valence-corrected chi connectivity index (χ3v) is 5.01. The molecule has 1 heterocycles. The highest BCUT2D eigenvalue weighted by atomic mass is 19.4. The number of rotatable bonds is 4. The first-order valence-electron chi connectivity index (χ1n) is 9.81. The second kappa shape index (κ2) is 8.81. The number of halogens is 4. The summed E-state index contributed by atoms with van der Waals surface area (Å²) in [6.07, 6.45) is -3.63. The zero-order valence-corrected chi connectivity index (χ0v) is 17.2. The minimum absolute atomic E-state index is 0.0403. The highest BCUT2D eigenvalue weighted by molar-refractivity contribution is 6.02. The van der Waals surface area contributed by atoms with Crippen molar-refractivity contribution in [1.82, 2.24) is 9.99 Å². The van der Waals surface area contributed by atoms with Crippen molar-refractivity contribution >= 4 is 22.9 Å². The van der Waals surface area contributed by atoms with Crippen LogP contribution in [0.1, 0.15) is 21.5 Å². The van der Waals surface area contributed by atoms with Crippen molar-refractivity contribution in [2.24, 2.45) is 5.10 Å². The van der Waals surface area contributed by atoms with E-state index in [1.807, 2.05) is 0 Å². The number of hydrazone groups is 1. The molecule has 10 heteroatoms. The minimum atomic E-state index is -4.66. The minimum Gasteiger partial charge on any atom is -0.494 e. The second-order valence-electron chi connectivity index (χ2n) is 7.15. The highest BCUT2D eigenvalue weighted by Crippen LogP contribution is 2.32. The fourth-order valence-electron chi connectivity index (χ4n) is 3.41. The van der Waals surface area contributed by atoms with Crippen LogP contribution in [0.2, 0.25) is 0 Å². The maximum Gasteiger partial charge on any atom is 0.416 e. The first kappa shape index (κ1) is 22.7. The molecule has 0 atom stereocenters. The lowest BCUT2D eigenvalue weighted by Gasteiger charge is -2.15. The zero-order valence-electron chi connectivity index (χ0n) is 17.2. The molecule has 0 unspecified atom stereocenters. The molecule has 4 rings (SSSR count). The molecule has 6 nitrogen and oxygen atoms in total. The first-order valence-corrected chi connectivity index (χ1v) is 9.81. The number of aromatic hydroxyl groups is 1. The van der Waals surface area contributed by atoms with E-state index < -0.39 is 34.9 Å². The second-order valence-corrected chi connectivity index (χ2v) is 7.15. The third kappa shape index (κ3) is 4.25. The summed E-state index contributed by atoms with van der Waals surface area (Å²) in [6.45, 7) is 0. The molecule has 0 saturated carbocycles. The van der Waals surface area contributed by atoms with E-state index >= 15 is 0 Å². The fraction of sp³-hybridized carbons (Fsp3) is 0.0417. The van der Waals surface area contributed by atoms with Gasteiger partial charge < -0.3 is 5.11 Å². The molecule has 172 valence electrons. The number of pyridine rings is 1. The van der Waals surface area contributed by atoms with E-state index in [0.29, 0.717) is 0 Å². The number of carbonyl (C=O) groups excluding carboxylic acids is 1. The highest BCUT2D eigenvalue weighted by Gasteiger charge is 2.31. The quantitative estimate of drug-likeness (QED) is 0.260. The van der Waals surface area contributed by atoms with Gasteiger partial charge in [0.1, 0.15) is 5.82 Å². The third-order valence-electron chi connectivity index (χ3n) is 5.01. The van der Waals surface area contributed by atoms with E-state index in [-0.39, 0.29) is 27.6 Å². The molecule has 4 aromatic rings. The largest absolute Gasteiger partial charge is 0.494 e. The Morgan fingerprint density at radius 1 is 0.971 bits per heavy atom. The smallest absolute Gasteiger partial charge is 0.416 e. The van der Waals surface area contributed by atoms with Gasteiger partial charge in [-0.15, -0.1) is 0 Å². The van der Waals surface area contributed by atoms with Crippen LogP contribution in [0.15, 0.2) is 82.7 Å². The van der Waals surface area contributed by atoms with Gasteiger partial charge in [-0.2, -0.15) is 18.3 Å². The molecule has 34 heavy (non-hydrogen) atoms. The van der Waals surface area contributed by atoms with Crippen LogP contribution in [0, 0.1) is 5.82 Å². The molecule has 2 N–H and O–H groups in total. The van der Waals surface area contributed by atoms with Gasteiger partial charge in [-0.3, -0.25) is 9.59 Å². The molecule has 1 aromatic heterocycles. The zero-order chi connectivity index (χ0) is 24.5. The standard InChI is InChI=1S/C24H15F4N3O3/c25-20-11-4-3-10-18(20)21(32)30-29-13-19-16-8-1-2-9-17(16)22(33)31(23(19)34)15-7-5-6-14(12-15)24(26,27)28/h1-13,34H,(H,30,32)/b29-13+. The Morgan fingerprint density at radius 2 is 1.65 bits per heavy atom. The van der Waals surface area contributed by atoms with E-state index in [1.165, 1.54) is 36.4 Å². The SMILES string of the molecule is O=C(N/N=C/c1c(O)n(-c2cccc(C(F)(F)F)c2)c(=O)c2ccccc12)c1ccccc1F. The number of nitrogens with one attached hydrogen (secondary N) is 1. The molecule has 0 fully saturated rings. The summed E-state index contributed by atoms with van der Waals surface area (Å²) < 4.78 is 54.1. The van der Waals surface area contributed by atoms with Crippen LogP contribution >= 0.6 is 0 Å². The van der Waals surface area contributed by atoms with Gasteiger partial charge in [0.05, 0.1) is 28.6 Å². The summed E-state index contributed by atoms with van der Waals surface area (Å²) >= 11 is 0. The molecule has 0 aliphatic carbocycles. The van der Waals surface area contributed by atoms with Crippen LogP contribution in [0.25, 0.3) is 16.5 Å². The monoisotopic (exact) mass is 469 g/mol. The van der Waals surface area contributed by atoms with E-state index in [9.17, 15) is 32.3 Å². The normalized spacial score (nSPS) is 11.8. The molecule has 0 spiro atoms. The number of amides is 1. The molecule has 0 bridgehead atoms. The molecule has 0 saturated heterocycles. The van der Waals surface area contributed by atoms with Crippen LogP contribution in [0.4, 0.5) is 17.6 Å². The van der Waals surface area contributed by atoms with E-state index in [4.69, 9.17) is 0 Å². The van der Waals surface area contributed by atoms with Crippen LogP contribution in [-0.4, -0.2) is 21.8 Å². The summed E-state index contributed by atoms with van der Waals surface area (Å²) in [6, 6.07) is 15.2. The number of hydrogen-bond acceptors (Lipinski definition) is 4. The Bertz CT molecular complexity index is 1490. The van der Waals surface area contributed by atoms with Crippen molar-refractivity contribution in [2.75, 3.05) is 0 Å². The number of alkyl halides is 3. The predicted molar refractivity (Wildman–Crippen MR) is 118 cm³/mol. The molecular weight excluding hydrogens is 454 g/mol. The molecule has 0 radical (unpaired) electrons. The topological polar surface area (TPSA) is 83.7 Å². The van der Waals surface area contributed by atoms with Gasteiger partial charge >= 0.3 is 6.18 Å². The Labute approximate surface area is 189 Å². The average molecular weight is 469 g/mol. The van der Waals surface area contributed by atoms with Crippen molar-refractivity contribution in [3.05, 3.63) is 106 Å². The number of fused-ring (bicyclic) bond motifs is 1. The summed E-state index contributed by atoms with van der Waals surface area (Å²) in [5, 5.41) is 14.9. The Kier molecular flexibility index (Phi) is 5.89. The molecule has 0 aliphatic heterocycles. The van der Waals surface area contributed by atoms with Crippen molar-refractivity contribution in [3.8, 4) is 11.6 Å². The van der Waals surface area contributed by atoms with Crippen molar-refractivity contribution in [2.45, 2.75) is 6.18 Å². The predicted octanol–water partition coefficient (Wildman–Crippen LogP) is 4.62. The van der Waals surface area contributed by atoms with Gasteiger partial charge in [-0.05, 0) is 36.4 Å². The molecule has 0 aliphatic rings. The lowest BCUT2D eigenvalue weighted by molar-refractivity contribution is -0.137. The van der Waals surface area contributed by atoms with Gasteiger partial charge in [0.2, 0.25) is 5.88 Å². The Balaban J connectivity index is 1.82. The van der Waals surface area contributed by atoms with E-state index in [1.54, 1.807) is 12.1 Å². The van der Waals surface area contributed by atoms with Gasteiger partial charge in [0.15, 0.2) is 0 Å². The average Bonchev–Trinajstić information content (AvgIpc) is 2.81.